The molecule has 2 rings (SSSR count). The van der Waals surface area contributed by atoms with Crippen LogP contribution >= 0.6 is 0 Å². The standard InChI is InChI=1S/C11H11NO/c1-8-9(2)13-12-11(8)10-6-4-3-5-7-10/h3-7H,1-2H3. The third-order valence-electron chi connectivity index (χ3n) is 2.20. The topological polar surface area (TPSA) is 26.0 Å². The van der Waals surface area contributed by atoms with Crippen LogP contribution in [0.3, 0.4) is 0 Å². The number of rotatable bonds is 1. The lowest BCUT2D eigenvalue weighted by Gasteiger charge is -1.95. The van der Waals surface area contributed by atoms with Crippen molar-refractivity contribution in [3.63, 3.8) is 0 Å². The van der Waals surface area contributed by atoms with Crippen LogP contribution in [-0.2, 0) is 0 Å². The van der Waals surface area contributed by atoms with Crippen LogP contribution < -0.4 is 0 Å². The molecule has 0 amide bonds. The summed E-state index contributed by atoms with van der Waals surface area (Å²) < 4.78 is 5.10. The minimum absolute atomic E-state index is 0.888. The molecule has 0 radical (unpaired) electrons. The van der Waals surface area contributed by atoms with Crippen LogP contribution in [0.25, 0.3) is 11.3 Å². The lowest BCUT2D eigenvalue weighted by molar-refractivity contribution is 0.398. The summed E-state index contributed by atoms with van der Waals surface area (Å²) >= 11 is 0. The predicted octanol–water partition coefficient (Wildman–Crippen LogP) is 2.96. The van der Waals surface area contributed by atoms with Crippen molar-refractivity contribution in [3.05, 3.63) is 41.7 Å². The Bertz CT molecular complexity index is 403. The molecule has 2 aromatic rings. The molecule has 0 aliphatic carbocycles. The van der Waals surface area contributed by atoms with Crippen molar-refractivity contribution < 1.29 is 4.52 Å². The van der Waals surface area contributed by atoms with Gasteiger partial charge in [-0.25, -0.2) is 0 Å². The Morgan fingerprint density at radius 1 is 1.08 bits per heavy atom. The molecule has 2 heteroatoms. The molecule has 1 aromatic carbocycles. The normalized spacial score (nSPS) is 10.3. The second-order valence-electron chi connectivity index (χ2n) is 3.08. The summed E-state index contributed by atoms with van der Waals surface area (Å²) in [6, 6.07) is 10.1. The highest BCUT2D eigenvalue weighted by Crippen LogP contribution is 2.23. The molecule has 66 valence electrons. The summed E-state index contributed by atoms with van der Waals surface area (Å²) in [4.78, 5) is 0. The third kappa shape index (κ3) is 1.35. The van der Waals surface area contributed by atoms with Gasteiger partial charge in [-0.2, -0.15) is 0 Å². The van der Waals surface area contributed by atoms with Crippen molar-refractivity contribution in [1.82, 2.24) is 5.16 Å². The van der Waals surface area contributed by atoms with Gasteiger partial charge in [0, 0.05) is 11.1 Å². The predicted molar refractivity (Wildman–Crippen MR) is 51.4 cm³/mol. The molecule has 0 atom stereocenters. The van der Waals surface area contributed by atoms with Crippen molar-refractivity contribution in [2.24, 2.45) is 0 Å². The summed E-state index contributed by atoms with van der Waals surface area (Å²) in [5.74, 6) is 0.888. The van der Waals surface area contributed by atoms with Crippen LogP contribution in [0, 0.1) is 13.8 Å². The van der Waals surface area contributed by atoms with Crippen molar-refractivity contribution in [1.29, 1.82) is 0 Å². The Hall–Kier alpha value is -1.57. The first-order valence-electron chi connectivity index (χ1n) is 4.27. The number of nitrogens with zero attached hydrogens (tertiary/aromatic N) is 1. The van der Waals surface area contributed by atoms with Gasteiger partial charge >= 0.3 is 0 Å². The molecule has 0 unspecified atom stereocenters. The molecule has 0 aliphatic rings. The van der Waals surface area contributed by atoms with Crippen molar-refractivity contribution in [2.75, 3.05) is 0 Å². The van der Waals surface area contributed by atoms with Crippen LogP contribution in [0.5, 0.6) is 0 Å². The second kappa shape index (κ2) is 3.05. The average molecular weight is 173 g/mol. The molecule has 0 saturated heterocycles. The quantitative estimate of drug-likeness (QED) is 0.662. The first-order valence-corrected chi connectivity index (χ1v) is 4.27. The van der Waals surface area contributed by atoms with E-state index in [0.29, 0.717) is 0 Å². The zero-order valence-electron chi connectivity index (χ0n) is 7.74. The Labute approximate surface area is 77.2 Å². The summed E-state index contributed by atoms with van der Waals surface area (Å²) in [7, 11) is 0. The number of benzene rings is 1. The monoisotopic (exact) mass is 173 g/mol. The fraction of sp³-hybridized carbons (Fsp3) is 0.182. The van der Waals surface area contributed by atoms with Gasteiger partial charge in [0.1, 0.15) is 11.5 Å². The van der Waals surface area contributed by atoms with Gasteiger partial charge in [-0.15, -0.1) is 0 Å². The molecule has 1 aromatic heterocycles. The first kappa shape index (κ1) is 8.05. The zero-order chi connectivity index (χ0) is 9.26. The van der Waals surface area contributed by atoms with E-state index in [-0.39, 0.29) is 0 Å². The molecule has 13 heavy (non-hydrogen) atoms. The van der Waals surface area contributed by atoms with Gasteiger partial charge in [0.2, 0.25) is 0 Å². The van der Waals surface area contributed by atoms with Gasteiger partial charge in [0.25, 0.3) is 0 Å². The Morgan fingerprint density at radius 2 is 1.77 bits per heavy atom. The maximum absolute atomic E-state index is 5.10. The fourth-order valence-corrected chi connectivity index (χ4v) is 1.28. The molecule has 2 nitrogen and oxygen atoms in total. The van der Waals surface area contributed by atoms with E-state index in [1.807, 2.05) is 44.2 Å². The molecule has 0 aliphatic heterocycles. The van der Waals surface area contributed by atoms with Crippen LogP contribution in [-0.4, -0.2) is 5.16 Å². The SMILES string of the molecule is Cc1onc(-c2ccccc2)c1C. The van der Waals surface area contributed by atoms with Gasteiger partial charge in [-0.05, 0) is 13.8 Å². The molecular formula is C11H11NO. The minimum atomic E-state index is 0.888. The Balaban J connectivity index is 2.53. The molecular weight excluding hydrogens is 162 g/mol. The van der Waals surface area contributed by atoms with Crippen molar-refractivity contribution in [2.45, 2.75) is 13.8 Å². The summed E-state index contributed by atoms with van der Waals surface area (Å²) in [6.45, 7) is 3.95. The molecule has 0 bridgehead atoms. The van der Waals surface area contributed by atoms with Gasteiger partial charge in [0.15, 0.2) is 0 Å². The lowest BCUT2D eigenvalue weighted by Crippen LogP contribution is -1.79. The molecule has 0 N–H and O–H groups in total. The van der Waals surface area contributed by atoms with Crippen molar-refractivity contribution >= 4 is 0 Å². The second-order valence-corrected chi connectivity index (χ2v) is 3.08. The number of hydrogen-bond acceptors (Lipinski definition) is 2. The Morgan fingerprint density at radius 3 is 2.31 bits per heavy atom. The van der Waals surface area contributed by atoms with E-state index in [2.05, 4.69) is 5.16 Å². The van der Waals surface area contributed by atoms with E-state index >= 15 is 0 Å². The molecule has 0 saturated carbocycles. The maximum Gasteiger partial charge on any atom is 0.137 e. The van der Waals surface area contributed by atoms with Gasteiger partial charge in [-0.3, -0.25) is 0 Å². The van der Waals surface area contributed by atoms with E-state index in [0.717, 1.165) is 22.6 Å². The highest BCUT2D eigenvalue weighted by atomic mass is 16.5. The number of aromatic nitrogens is 1. The first-order chi connectivity index (χ1) is 6.29. The van der Waals surface area contributed by atoms with E-state index in [4.69, 9.17) is 4.52 Å². The summed E-state index contributed by atoms with van der Waals surface area (Å²) in [5, 5.41) is 4.01. The average Bonchev–Trinajstić information content (AvgIpc) is 2.49. The Kier molecular flexibility index (Phi) is 1.89. The van der Waals surface area contributed by atoms with Crippen LogP contribution in [0.1, 0.15) is 11.3 Å². The van der Waals surface area contributed by atoms with Crippen LogP contribution in [0.4, 0.5) is 0 Å². The number of hydrogen-bond donors (Lipinski definition) is 0. The van der Waals surface area contributed by atoms with E-state index in [1.165, 1.54) is 0 Å². The van der Waals surface area contributed by atoms with E-state index < -0.39 is 0 Å². The van der Waals surface area contributed by atoms with Crippen LogP contribution in [0.15, 0.2) is 34.9 Å². The third-order valence-corrected chi connectivity index (χ3v) is 2.20. The van der Waals surface area contributed by atoms with Crippen molar-refractivity contribution in [3.8, 4) is 11.3 Å². The lowest BCUT2D eigenvalue weighted by atomic mass is 10.1. The summed E-state index contributed by atoms with van der Waals surface area (Å²) in [6.07, 6.45) is 0. The zero-order valence-corrected chi connectivity index (χ0v) is 7.74. The summed E-state index contributed by atoms with van der Waals surface area (Å²) in [5.41, 5.74) is 3.17. The van der Waals surface area contributed by atoms with Gasteiger partial charge < -0.3 is 4.52 Å². The minimum Gasteiger partial charge on any atom is -0.361 e. The number of aryl methyl sites for hydroxylation is 1. The molecule has 0 fully saturated rings. The molecule has 0 spiro atoms. The fourth-order valence-electron chi connectivity index (χ4n) is 1.28. The van der Waals surface area contributed by atoms with E-state index in [9.17, 15) is 0 Å². The van der Waals surface area contributed by atoms with E-state index in [1.54, 1.807) is 0 Å². The maximum atomic E-state index is 5.10. The molecule has 1 heterocycles. The van der Waals surface area contributed by atoms with Gasteiger partial charge in [-0.1, -0.05) is 35.5 Å². The highest BCUT2D eigenvalue weighted by Gasteiger charge is 2.08. The smallest absolute Gasteiger partial charge is 0.137 e. The van der Waals surface area contributed by atoms with Gasteiger partial charge in [0.05, 0.1) is 0 Å². The highest BCUT2D eigenvalue weighted by molar-refractivity contribution is 5.62. The van der Waals surface area contributed by atoms with Crippen LogP contribution in [0.2, 0.25) is 0 Å². The largest absolute Gasteiger partial charge is 0.361 e.